The van der Waals surface area contributed by atoms with Crippen LogP contribution in [0.15, 0.2) is 55.8 Å². The van der Waals surface area contributed by atoms with E-state index in [0.717, 1.165) is 10.9 Å². The third-order valence-electron chi connectivity index (χ3n) is 3.09. The number of benzene rings is 1. The number of carbonyl (C=O) groups excluding carboxylic acids is 1. The van der Waals surface area contributed by atoms with Crippen molar-refractivity contribution in [1.29, 1.82) is 0 Å². The number of rotatable bonds is 6. The first-order chi connectivity index (χ1) is 9.65. The number of nitrogens with zero attached hydrogens (tertiary/aromatic N) is 2. The molecule has 4 heteroatoms. The van der Waals surface area contributed by atoms with Gasteiger partial charge in [0.25, 0.3) is 0 Å². The van der Waals surface area contributed by atoms with E-state index in [9.17, 15) is 4.79 Å². The van der Waals surface area contributed by atoms with E-state index < -0.39 is 0 Å². The molecule has 0 bridgehead atoms. The highest BCUT2D eigenvalue weighted by Gasteiger charge is 2.12. The second-order valence-corrected chi connectivity index (χ2v) is 4.96. The summed E-state index contributed by atoms with van der Waals surface area (Å²) in [5.41, 5.74) is 0.961. The summed E-state index contributed by atoms with van der Waals surface area (Å²) in [6.45, 7) is 8.66. The van der Waals surface area contributed by atoms with E-state index in [1.54, 1.807) is 17.1 Å². The van der Waals surface area contributed by atoms with Crippen molar-refractivity contribution in [2.45, 2.75) is 6.54 Å². The van der Waals surface area contributed by atoms with E-state index in [1.165, 1.54) is 0 Å². The molecule has 1 heterocycles. The van der Waals surface area contributed by atoms with Crippen LogP contribution in [0, 0.1) is 0 Å². The van der Waals surface area contributed by atoms with Gasteiger partial charge in [-0.25, -0.2) is 0 Å². The summed E-state index contributed by atoms with van der Waals surface area (Å²) < 4.78 is 1.91. The highest BCUT2D eigenvalue weighted by atomic mass is 35.5. The summed E-state index contributed by atoms with van der Waals surface area (Å²) in [4.78, 5) is 14.0. The summed E-state index contributed by atoms with van der Waals surface area (Å²) in [6.07, 6.45) is 5.33. The third-order valence-corrected chi connectivity index (χ3v) is 3.33. The van der Waals surface area contributed by atoms with Gasteiger partial charge in [-0.15, -0.1) is 13.2 Å². The van der Waals surface area contributed by atoms with Crippen LogP contribution in [-0.2, 0) is 11.3 Å². The van der Waals surface area contributed by atoms with Crippen LogP contribution < -0.4 is 0 Å². The molecule has 2 rings (SSSR count). The molecule has 0 fully saturated rings. The van der Waals surface area contributed by atoms with Gasteiger partial charge in [0.1, 0.15) is 6.54 Å². The first-order valence-electron chi connectivity index (χ1n) is 6.39. The quantitative estimate of drug-likeness (QED) is 0.747. The van der Waals surface area contributed by atoms with Gasteiger partial charge in [0.05, 0.1) is 0 Å². The Balaban J connectivity index is 2.22. The van der Waals surface area contributed by atoms with Crippen LogP contribution in [0.4, 0.5) is 0 Å². The van der Waals surface area contributed by atoms with Gasteiger partial charge >= 0.3 is 0 Å². The van der Waals surface area contributed by atoms with Crippen molar-refractivity contribution in [1.82, 2.24) is 9.47 Å². The standard InChI is InChI=1S/C16H17ClN2O/c1-3-8-18(9-4-2)16(20)12-19-10-7-13-5-6-14(17)11-15(13)19/h3-7,10-11H,1-2,8-9,12H2. The van der Waals surface area contributed by atoms with Crippen LogP contribution >= 0.6 is 11.6 Å². The van der Waals surface area contributed by atoms with E-state index in [-0.39, 0.29) is 12.5 Å². The molecular formula is C16H17ClN2O. The number of fused-ring (bicyclic) bond motifs is 1. The maximum absolute atomic E-state index is 12.3. The monoisotopic (exact) mass is 288 g/mol. The van der Waals surface area contributed by atoms with Crippen LogP contribution in [-0.4, -0.2) is 28.5 Å². The molecule has 0 saturated heterocycles. The molecule has 3 nitrogen and oxygen atoms in total. The Morgan fingerprint density at radius 2 is 1.95 bits per heavy atom. The van der Waals surface area contributed by atoms with Gasteiger partial charge < -0.3 is 9.47 Å². The molecule has 0 saturated carbocycles. The Kier molecular flexibility index (Phi) is 4.64. The second-order valence-electron chi connectivity index (χ2n) is 4.52. The summed E-state index contributed by atoms with van der Waals surface area (Å²) in [6, 6.07) is 7.64. The average Bonchev–Trinajstić information content (AvgIpc) is 2.81. The lowest BCUT2D eigenvalue weighted by molar-refractivity contribution is -0.130. The van der Waals surface area contributed by atoms with Crippen molar-refractivity contribution in [3.8, 4) is 0 Å². The fourth-order valence-electron chi connectivity index (χ4n) is 2.13. The van der Waals surface area contributed by atoms with Gasteiger partial charge in [-0.1, -0.05) is 29.8 Å². The summed E-state index contributed by atoms with van der Waals surface area (Å²) >= 11 is 6.01. The Hall–Kier alpha value is -2.00. The van der Waals surface area contributed by atoms with Crippen molar-refractivity contribution < 1.29 is 4.79 Å². The van der Waals surface area contributed by atoms with Crippen molar-refractivity contribution in [3.63, 3.8) is 0 Å². The molecule has 1 aromatic heterocycles. The molecule has 0 spiro atoms. The van der Waals surface area contributed by atoms with E-state index in [1.807, 2.05) is 35.0 Å². The minimum absolute atomic E-state index is 0.0299. The maximum Gasteiger partial charge on any atom is 0.243 e. The Labute approximate surface area is 123 Å². The van der Waals surface area contributed by atoms with Crippen molar-refractivity contribution in [2.24, 2.45) is 0 Å². The van der Waals surface area contributed by atoms with Gasteiger partial charge in [0, 0.05) is 29.8 Å². The fraction of sp³-hybridized carbons (Fsp3) is 0.188. The number of hydrogen-bond donors (Lipinski definition) is 0. The molecule has 0 aliphatic heterocycles. The average molecular weight is 289 g/mol. The summed E-state index contributed by atoms with van der Waals surface area (Å²) in [7, 11) is 0. The van der Waals surface area contributed by atoms with E-state index in [2.05, 4.69) is 13.2 Å². The van der Waals surface area contributed by atoms with Gasteiger partial charge in [0.2, 0.25) is 5.91 Å². The maximum atomic E-state index is 12.3. The molecule has 1 amide bonds. The predicted octanol–water partition coefficient (Wildman–Crippen LogP) is 3.50. The molecule has 20 heavy (non-hydrogen) atoms. The SMILES string of the molecule is C=CCN(CC=C)C(=O)Cn1ccc2ccc(Cl)cc21. The van der Waals surface area contributed by atoms with Crippen LogP contribution in [0.25, 0.3) is 10.9 Å². The van der Waals surface area contributed by atoms with Crippen molar-refractivity contribution in [2.75, 3.05) is 13.1 Å². The third kappa shape index (κ3) is 3.11. The molecule has 0 radical (unpaired) electrons. The topological polar surface area (TPSA) is 25.2 Å². The Morgan fingerprint density at radius 1 is 1.25 bits per heavy atom. The second kappa shape index (κ2) is 6.44. The predicted molar refractivity (Wildman–Crippen MR) is 83.9 cm³/mol. The minimum atomic E-state index is 0.0299. The lowest BCUT2D eigenvalue weighted by atomic mass is 10.2. The number of halogens is 1. The Bertz CT molecular complexity index is 635. The van der Waals surface area contributed by atoms with Crippen LogP contribution in [0.5, 0.6) is 0 Å². The normalized spacial score (nSPS) is 10.4. The molecule has 2 aromatic rings. The summed E-state index contributed by atoms with van der Waals surface area (Å²) in [5, 5.41) is 1.74. The zero-order valence-electron chi connectivity index (χ0n) is 11.3. The van der Waals surface area contributed by atoms with Gasteiger partial charge in [-0.3, -0.25) is 4.79 Å². The minimum Gasteiger partial charge on any atom is -0.338 e. The number of hydrogen-bond acceptors (Lipinski definition) is 1. The zero-order chi connectivity index (χ0) is 14.5. The van der Waals surface area contributed by atoms with E-state index in [0.29, 0.717) is 18.1 Å². The highest BCUT2D eigenvalue weighted by molar-refractivity contribution is 6.31. The molecule has 104 valence electrons. The molecule has 0 aliphatic carbocycles. The van der Waals surface area contributed by atoms with E-state index >= 15 is 0 Å². The fourth-order valence-corrected chi connectivity index (χ4v) is 2.30. The van der Waals surface area contributed by atoms with Crippen LogP contribution in [0.2, 0.25) is 5.02 Å². The Morgan fingerprint density at radius 3 is 2.60 bits per heavy atom. The molecule has 0 N–H and O–H groups in total. The van der Waals surface area contributed by atoms with Gasteiger partial charge in [-0.2, -0.15) is 0 Å². The van der Waals surface area contributed by atoms with Gasteiger partial charge in [0.15, 0.2) is 0 Å². The lowest BCUT2D eigenvalue weighted by Gasteiger charge is -2.19. The van der Waals surface area contributed by atoms with Gasteiger partial charge in [-0.05, 0) is 23.6 Å². The molecule has 0 atom stereocenters. The largest absolute Gasteiger partial charge is 0.338 e. The lowest BCUT2D eigenvalue weighted by Crippen LogP contribution is -2.34. The smallest absolute Gasteiger partial charge is 0.243 e. The number of amides is 1. The summed E-state index contributed by atoms with van der Waals surface area (Å²) in [5.74, 6) is 0.0299. The highest BCUT2D eigenvalue weighted by Crippen LogP contribution is 2.20. The molecular weight excluding hydrogens is 272 g/mol. The van der Waals surface area contributed by atoms with Crippen molar-refractivity contribution >= 4 is 28.4 Å². The van der Waals surface area contributed by atoms with Crippen LogP contribution in [0.1, 0.15) is 0 Å². The number of aromatic nitrogens is 1. The van der Waals surface area contributed by atoms with Crippen molar-refractivity contribution in [3.05, 3.63) is 60.8 Å². The zero-order valence-corrected chi connectivity index (χ0v) is 12.0. The first-order valence-corrected chi connectivity index (χ1v) is 6.77. The molecule has 0 unspecified atom stereocenters. The number of carbonyl (C=O) groups is 1. The molecule has 1 aromatic carbocycles. The molecule has 0 aliphatic rings. The van der Waals surface area contributed by atoms with Crippen LogP contribution in [0.3, 0.4) is 0 Å². The van der Waals surface area contributed by atoms with E-state index in [4.69, 9.17) is 11.6 Å². The first kappa shape index (κ1) is 14.4.